The third-order valence-corrected chi connectivity index (χ3v) is 8.73. The molecule has 48 heavy (non-hydrogen) atoms. The minimum atomic E-state index is -4.37. The standard InChI is InChI=1S/C38H70NO8P/c1-3-5-7-9-11-13-15-17-18-19-21-23-25-27-29-31-38(41)47-36(35-46-48(42,43)45-33-32-39)34-44-37(40)30-28-26-24-22-20-16-14-12-10-8-6-4-2/h11-14,17-18,36H,3-10,15-16,19-35,39H2,1-2H3,(H,42,43)/b13-11+,14-12+,18-17+/t36-/m1/s1. The maximum Gasteiger partial charge on any atom is 0.472 e. The van der Waals surface area contributed by atoms with Crippen LogP contribution in [0.5, 0.6) is 0 Å². The molecule has 3 N–H and O–H groups in total. The average Bonchev–Trinajstić information content (AvgIpc) is 3.07. The Morgan fingerprint density at radius 1 is 0.625 bits per heavy atom. The van der Waals surface area contributed by atoms with E-state index in [4.69, 9.17) is 24.3 Å². The molecule has 0 aliphatic carbocycles. The van der Waals surface area contributed by atoms with Gasteiger partial charge in [-0.25, -0.2) is 4.57 Å². The van der Waals surface area contributed by atoms with Crippen molar-refractivity contribution in [2.75, 3.05) is 26.4 Å². The molecule has 0 aromatic rings. The van der Waals surface area contributed by atoms with Gasteiger partial charge in [-0.2, -0.15) is 0 Å². The van der Waals surface area contributed by atoms with Crippen molar-refractivity contribution in [2.24, 2.45) is 5.73 Å². The van der Waals surface area contributed by atoms with Gasteiger partial charge in [0.25, 0.3) is 0 Å². The molecule has 0 saturated carbocycles. The summed E-state index contributed by atoms with van der Waals surface area (Å²) in [5, 5.41) is 0. The molecule has 0 aromatic carbocycles. The highest BCUT2D eigenvalue weighted by Gasteiger charge is 2.25. The molecule has 0 saturated heterocycles. The molecule has 0 spiro atoms. The number of hydrogen-bond donors (Lipinski definition) is 2. The first-order chi connectivity index (χ1) is 23.3. The Labute approximate surface area is 293 Å². The Kier molecular flexibility index (Phi) is 33.8. The molecule has 0 aliphatic rings. The number of unbranched alkanes of at least 4 members (excludes halogenated alkanes) is 16. The molecular weight excluding hydrogens is 629 g/mol. The van der Waals surface area contributed by atoms with Crippen LogP contribution in [0.3, 0.4) is 0 Å². The van der Waals surface area contributed by atoms with Crippen LogP contribution in [-0.4, -0.2) is 49.3 Å². The summed E-state index contributed by atoms with van der Waals surface area (Å²) < 4.78 is 32.6. The number of allylic oxidation sites excluding steroid dienone is 6. The molecule has 0 fully saturated rings. The molecule has 0 rings (SSSR count). The topological polar surface area (TPSA) is 134 Å². The van der Waals surface area contributed by atoms with Crippen LogP contribution in [0.4, 0.5) is 0 Å². The van der Waals surface area contributed by atoms with Crippen molar-refractivity contribution < 1.29 is 37.6 Å². The molecule has 0 heterocycles. The summed E-state index contributed by atoms with van der Waals surface area (Å²) in [6.45, 7) is 3.63. The van der Waals surface area contributed by atoms with E-state index in [-0.39, 0.29) is 32.6 Å². The van der Waals surface area contributed by atoms with Gasteiger partial charge in [-0.05, 0) is 70.6 Å². The summed E-state index contributed by atoms with van der Waals surface area (Å²) in [5.74, 6) is -0.858. The lowest BCUT2D eigenvalue weighted by atomic mass is 10.1. The van der Waals surface area contributed by atoms with E-state index in [1.165, 1.54) is 51.4 Å². The van der Waals surface area contributed by atoms with E-state index in [1.54, 1.807) is 0 Å². The third kappa shape index (κ3) is 34.1. The molecule has 0 amide bonds. The number of hydrogen-bond acceptors (Lipinski definition) is 8. The van der Waals surface area contributed by atoms with Crippen LogP contribution in [-0.2, 0) is 32.7 Å². The van der Waals surface area contributed by atoms with E-state index < -0.39 is 32.5 Å². The predicted molar refractivity (Wildman–Crippen MR) is 197 cm³/mol. The Morgan fingerprint density at radius 2 is 1.08 bits per heavy atom. The second kappa shape index (κ2) is 35.1. The van der Waals surface area contributed by atoms with E-state index in [1.807, 2.05) is 0 Å². The third-order valence-electron chi connectivity index (χ3n) is 7.75. The predicted octanol–water partition coefficient (Wildman–Crippen LogP) is 10.2. The van der Waals surface area contributed by atoms with Crippen LogP contribution in [0.1, 0.15) is 162 Å². The summed E-state index contributed by atoms with van der Waals surface area (Å²) >= 11 is 0. The lowest BCUT2D eigenvalue weighted by Crippen LogP contribution is -2.29. The van der Waals surface area contributed by atoms with Crippen molar-refractivity contribution in [1.82, 2.24) is 0 Å². The van der Waals surface area contributed by atoms with Gasteiger partial charge in [0.2, 0.25) is 0 Å². The van der Waals surface area contributed by atoms with Gasteiger partial charge in [0.05, 0.1) is 13.2 Å². The largest absolute Gasteiger partial charge is 0.472 e. The van der Waals surface area contributed by atoms with Gasteiger partial charge >= 0.3 is 19.8 Å². The molecule has 0 aliphatic heterocycles. The fourth-order valence-corrected chi connectivity index (χ4v) is 5.66. The number of nitrogens with two attached hydrogens (primary N) is 1. The molecule has 0 aromatic heterocycles. The SMILES string of the molecule is CCCCC/C=C/C/C=C/CCCCCCCC(=O)O[C@H](COC(=O)CCCCCCC/C=C/CCCCC)COP(=O)(O)OCCN. The first-order valence-electron chi connectivity index (χ1n) is 19.0. The molecule has 1 unspecified atom stereocenters. The summed E-state index contributed by atoms with van der Waals surface area (Å²) in [6.07, 6.45) is 36.0. The highest BCUT2D eigenvalue weighted by Crippen LogP contribution is 2.43. The van der Waals surface area contributed by atoms with E-state index in [2.05, 4.69) is 50.3 Å². The number of carbonyl (C=O) groups excluding carboxylic acids is 2. The van der Waals surface area contributed by atoms with Crippen molar-refractivity contribution >= 4 is 19.8 Å². The summed E-state index contributed by atoms with van der Waals surface area (Å²) in [5.41, 5.74) is 5.33. The molecule has 10 heteroatoms. The van der Waals surface area contributed by atoms with Crippen molar-refractivity contribution in [3.8, 4) is 0 Å². The van der Waals surface area contributed by atoms with Crippen LogP contribution in [0.15, 0.2) is 36.5 Å². The zero-order valence-electron chi connectivity index (χ0n) is 30.5. The van der Waals surface area contributed by atoms with Gasteiger partial charge in [-0.3, -0.25) is 18.6 Å². The van der Waals surface area contributed by atoms with Gasteiger partial charge in [0.15, 0.2) is 6.10 Å². The van der Waals surface area contributed by atoms with Crippen LogP contribution in [0.2, 0.25) is 0 Å². The monoisotopic (exact) mass is 699 g/mol. The highest BCUT2D eigenvalue weighted by atomic mass is 31.2. The second-order valence-electron chi connectivity index (χ2n) is 12.4. The minimum absolute atomic E-state index is 0.0493. The van der Waals surface area contributed by atoms with Gasteiger partial charge in [0, 0.05) is 19.4 Å². The van der Waals surface area contributed by atoms with Gasteiger partial charge in [-0.15, -0.1) is 0 Å². The van der Waals surface area contributed by atoms with E-state index in [0.717, 1.165) is 77.0 Å². The Hall–Kier alpha value is -1.77. The van der Waals surface area contributed by atoms with E-state index >= 15 is 0 Å². The van der Waals surface area contributed by atoms with Crippen molar-refractivity contribution in [2.45, 2.75) is 168 Å². The number of carbonyl (C=O) groups is 2. The van der Waals surface area contributed by atoms with Gasteiger partial charge < -0.3 is 20.1 Å². The fraction of sp³-hybridized carbons (Fsp3) is 0.789. The Balaban J connectivity index is 4.27. The van der Waals surface area contributed by atoms with Crippen LogP contribution in [0, 0.1) is 0 Å². The summed E-state index contributed by atoms with van der Waals surface area (Å²) in [4.78, 5) is 34.7. The fourth-order valence-electron chi connectivity index (χ4n) is 4.89. The van der Waals surface area contributed by atoms with Gasteiger partial charge in [0.1, 0.15) is 6.61 Å². The first kappa shape index (κ1) is 46.2. The second-order valence-corrected chi connectivity index (χ2v) is 13.9. The number of rotatable bonds is 35. The Bertz CT molecular complexity index is 892. The highest BCUT2D eigenvalue weighted by molar-refractivity contribution is 7.47. The Morgan fingerprint density at radius 3 is 1.60 bits per heavy atom. The number of phosphoric acid groups is 1. The lowest BCUT2D eigenvalue weighted by molar-refractivity contribution is -0.161. The zero-order chi connectivity index (χ0) is 35.4. The van der Waals surface area contributed by atoms with Gasteiger partial charge in [-0.1, -0.05) is 115 Å². The van der Waals surface area contributed by atoms with Crippen LogP contribution in [0.25, 0.3) is 0 Å². The average molecular weight is 700 g/mol. The van der Waals surface area contributed by atoms with Crippen LogP contribution < -0.4 is 5.73 Å². The van der Waals surface area contributed by atoms with Crippen molar-refractivity contribution in [1.29, 1.82) is 0 Å². The van der Waals surface area contributed by atoms with Crippen molar-refractivity contribution in [3.05, 3.63) is 36.5 Å². The molecule has 2 atom stereocenters. The molecule has 280 valence electrons. The minimum Gasteiger partial charge on any atom is -0.462 e. The quantitative estimate of drug-likeness (QED) is 0.0287. The number of phosphoric ester groups is 1. The molecular formula is C38H70NO8P. The maximum absolute atomic E-state index is 12.5. The van der Waals surface area contributed by atoms with E-state index in [9.17, 15) is 19.0 Å². The van der Waals surface area contributed by atoms with Crippen LogP contribution >= 0.6 is 7.82 Å². The maximum atomic E-state index is 12.5. The molecule has 9 nitrogen and oxygen atoms in total. The summed E-state index contributed by atoms with van der Waals surface area (Å²) in [7, 11) is -4.37. The van der Waals surface area contributed by atoms with E-state index in [0.29, 0.717) is 6.42 Å². The zero-order valence-corrected chi connectivity index (χ0v) is 31.4. The summed E-state index contributed by atoms with van der Waals surface area (Å²) in [6, 6.07) is 0. The number of esters is 2. The normalized spacial score (nSPS) is 13.8. The first-order valence-corrected chi connectivity index (χ1v) is 20.5. The molecule has 0 radical (unpaired) electrons. The number of ether oxygens (including phenoxy) is 2. The van der Waals surface area contributed by atoms with Crippen molar-refractivity contribution in [3.63, 3.8) is 0 Å². The lowest BCUT2D eigenvalue weighted by Gasteiger charge is -2.19. The smallest absolute Gasteiger partial charge is 0.462 e. The molecule has 0 bridgehead atoms.